The van der Waals surface area contributed by atoms with Crippen LogP contribution in [-0.2, 0) is 13.6 Å². The number of aromatic nitrogens is 2. The van der Waals surface area contributed by atoms with Gasteiger partial charge in [-0.1, -0.05) is 50.1 Å². The van der Waals surface area contributed by atoms with Crippen LogP contribution in [0.3, 0.4) is 0 Å². The molecule has 0 spiro atoms. The molecular weight excluding hydrogens is 246 g/mol. The van der Waals surface area contributed by atoms with Crippen molar-refractivity contribution in [2.45, 2.75) is 45.7 Å². The van der Waals surface area contributed by atoms with Gasteiger partial charge in [0.1, 0.15) is 0 Å². The minimum atomic E-state index is 0.427. The van der Waals surface area contributed by atoms with E-state index >= 15 is 0 Å². The van der Waals surface area contributed by atoms with Crippen molar-refractivity contribution in [3.63, 3.8) is 0 Å². The number of nitrogens with one attached hydrogen (secondary N) is 1. The molecule has 0 saturated heterocycles. The van der Waals surface area contributed by atoms with Crippen LogP contribution >= 0.6 is 0 Å². The molecule has 3 heteroatoms. The first-order valence-corrected chi connectivity index (χ1v) is 7.48. The summed E-state index contributed by atoms with van der Waals surface area (Å²) in [5, 5.41) is 8.09. The zero-order valence-corrected chi connectivity index (χ0v) is 12.8. The van der Waals surface area contributed by atoms with Gasteiger partial charge in [0, 0.05) is 31.4 Å². The molecule has 0 aliphatic rings. The van der Waals surface area contributed by atoms with E-state index in [9.17, 15) is 0 Å². The Labute approximate surface area is 122 Å². The molecule has 1 aromatic carbocycles. The Morgan fingerprint density at radius 3 is 2.60 bits per heavy atom. The lowest BCUT2D eigenvalue weighted by Gasteiger charge is -2.19. The van der Waals surface area contributed by atoms with Gasteiger partial charge in [0.25, 0.3) is 0 Å². The molecular formula is C17H25N3. The summed E-state index contributed by atoms with van der Waals surface area (Å²) in [5.41, 5.74) is 3.77. The largest absolute Gasteiger partial charge is 0.306 e. The zero-order valence-electron chi connectivity index (χ0n) is 12.8. The van der Waals surface area contributed by atoms with Crippen LogP contribution in [0, 0.1) is 6.92 Å². The summed E-state index contributed by atoms with van der Waals surface area (Å²) in [6, 6.07) is 11.2. The van der Waals surface area contributed by atoms with Crippen LogP contribution in [0.2, 0.25) is 0 Å². The monoisotopic (exact) mass is 271 g/mol. The maximum Gasteiger partial charge on any atom is 0.0638 e. The number of nitrogens with zero attached hydrogens (tertiary/aromatic N) is 2. The van der Waals surface area contributed by atoms with Crippen molar-refractivity contribution in [1.82, 2.24) is 15.1 Å². The molecule has 1 heterocycles. The number of benzene rings is 1. The lowest BCUT2D eigenvalue weighted by atomic mass is 10.0. The van der Waals surface area contributed by atoms with E-state index in [1.807, 2.05) is 11.7 Å². The van der Waals surface area contributed by atoms with Gasteiger partial charge in [-0.25, -0.2) is 0 Å². The van der Waals surface area contributed by atoms with Gasteiger partial charge in [-0.05, 0) is 18.9 Å². The van der Waals surface area contributed by atoms with Gasteiger partial charge < -0.3 is 5.32 Å². The van der Waals surface area contributed by atoms with E-state index in [1.165, 1.54) is 30.4 Å². The molecule has 0 radical (unpaired) electrons. The quantitative estimate of drug-likeness (QED) is 0.831. The highest BCUT2D eigenvalue weighted by atomic mass is 15.2. The molecule has 1 atom stereocenters. The van der Waals surface area contributed by atoms with E-state index in [0.29, 0.717) is 6.04 Å². The van der Waals surface area contributed by atoms with Crippen molar-refractivity contribution in [3.8, 4) is 0 Å². The molecule has 20 heavy (non-hydrogen) atoms. The van der Waals surface area contributed by atoms with Crippen LogP contribution in [0.25, 0.3) is 0 Å². The first kappa shape index (κ1) is 14.8. The van der Waals surface area contributed by atoms with Gasteiger partial charge in [-0.3, -0.25) is 4.68 Å². The van der Waals surface area contributed by atoms with Crippen molar-refractivity contribution < 1.29 is 0 Å². The number of unbranched alkanes of at least 4 members (excludes halogenated alkanes) is 1. The normalized spacial score (nSPS) is 12.6. The Kier molecular flexibility index (Phi) is 5.36. The summed E-state index contributed by atoms with van der Waals surface area (Å²) in [6.45, 7) is 5.19. The molecule has 1 N–H and O–H groups in total. The van der Waals surface area contributed by atoms with E-state index in [4.69, 9.17) is 0 Å². The summed E-state index contributed by atoms with van der Waals surface area (Å²) in [4.78, 5) is 0. The van der Waals surface area contributed by atoms with E-state index in [-0.39, 0.29) is 0 Å². The summed E-state index contributed by atoms with van der Waals surface area (Å²) < 4.78 is 1.88. The highest BCUT2D eigenvalue weighted by Crippen LogP contribution is 2.20. The van der Waals surface area contributed by atoms with Crippen LogP contribution in [0.4, 0.5) is 0 Å². The first-order chi connectivity index (χ1) is 9.70. The predicted molar refractivity (Wildman–Crippen MR) is 83.5 cm³/mol. The average Bonchev–Trinajstić information content (AvgIpc) is 2.78. The molecule has 0 amide bonds. The third-order valence-corrected chi connectivity index (χ3v) is 3.70. The summed E-state index contributed by atoms with van der Waals surface area (Å²) >= 11 is 0. The van der Waals surface area contributed by atoms with E-state index in [2.05, 4.69) is 60.8 Å². The lowest BCUT2D eigenvalue weighted by Crippen LogP contribution is -2.21. The molecule has 3 nitrogen and oxygen atoms in total. The number of aryl methyl sites for hydroxylation is 2. The maximum absolute atomic E-state index is 4.40. The second kappa shape index (κ2) is 7.25. The fourth-order valence-electron chi connectivity index (χ4n) is 2.54. The zero-order chi connectivity index (χ0) is 14.4. The van der Waals surface area contributed by atoms with E-state index < -0.39 is 0 Å². The maximum atomic E-state index is 4.40. The molecule has 1 aromatic heterocycles. The van der Waals surface area contributed by atoms with Gasteiger partial charge in [0.05, 0.1) is 5.69 Å². The van der Waals surface area contributed by atoms with Crippen molar-refractivity contribution >= 4 is 0 Å². The average molecular weight is 271 g/mol. The van der Waals surface area contributed by atoms with Crippen LogP contribution in [-0.4, -0.2) is 9.78 Å². The molecule has 0 aliphatic carbocycles. The molecule has 2 rings (SSSR count). The van der Waals surface area contributed by atoms with E-state index in [0.717, 1.165) is 12.2 Å². The minimum absolute atomic E-state index is 0.427. The third-order valence-electron chi connectivity index (χ3n) is 3.70. The fourth-order valence-corrected chi connectivity index (χ4v) is 2.54. The smallest absolute Gasteiger partial charge is 0.0638 e. The Balaban J connectivity index is 2.02. The van der Waals surface area contributed by atoms with Crippen LogP contribution in [0.1, 0.15) is 49.0 Å². The van der Waals surface area contributed by atoms with Crippen molar-refractivity contribution in [1.29, 1.82) is 0 Å². The second-order valence-corrected chi connectivity index (χ2v) is 5.40. The topological polar surface area (TPSA) is 29.9 Å². The van der Waals surface area contributed by atoms with Gasteiger partial charge in [0.2, 0.25) is 0 Å². The predicted octanol–water partition coefficient (Wildman–Crippen LogP) is 3.75. The SMILES string of the molecule is CCCCC(NCc1cn(C)nc1C)c1ccccc1. The molecule has 2 aromatic rings. The standard InChI is InChI=1S/C17H25N3/c1-4-5-11-17(15-9-7-6-8-10-15)18-12-16-13-20(3)19-14(16)2/h6-10,13,17-18H,4-5,11-12H2,1-3H3. The number of hydrogen-bond acceptors (Lipinski definition) is 2. The number of rotatable bonds is 7. The second-order valence-electron chi connectivity index (χ2n) is 5.40. The van der Waals surface area contributed by atoms with Crippen molar-refractivity contribution in [2.75, 3.05) is 0 Å². The van der Waals surface area contributed by atoms with Crippen molar-refractivity contribution in [3.05, 3.63) is 53.3 Å². The molecule has 0 fully saturated rings. The molecule has 0 bridgehead atoms. The van der Waals surface area contributed by atoms with Gasteiger partial charge in [-0.2, -0.15) is 5.10 Å². The number of hydrogen-bond donors (Lipinski definition) is 1. The highest BCUT2D eigenvalue weighted by Gasteiger charge is 2.11. The molecule has 0 aliphatic heterocycles. The van der Waals surface area contributed by atoms with Crippen LogP contribution in [0.15, 0.2) is 36.5 Å². The molecule has 108 valence electrons. The Morgan fingerprint density at radius 1 is 1.25 bits per heavy atom. The van der Waals surface area contributed by atoms with E-state index in [1.54, 1.807) is 0 Å². The summed E-state index contributed by atoms with van der Waals surface area (Å²) in [6.07, 6.45) is 5.76. The van der Waals surface area contributed by atoms with Crippen LogP contribution < -0.4 is 5.32 Å². The van der Waals surface area contributed by atoms with Gasteiger partial charge in [-0.15, -0.1) is 0 Å². The molecule has 0 saturated carbocycles. The van der Waals surface area contributed by atoms with Crippen LogP contribution in [0.5, 0.6) is 0 Å². The van der Waals surface area contributed by atoms with Gasteiger partial charge >= 0.3 is 0 Å². The Morgan fingerprint density at radius 2 is 2.00 bits per heavy atom. The minimum Gasteiger partial charge on any atom is -0.306 e. The van der Waals surface area contributed by atoms with Gasteiger partial charge in [0.15, 0.2) is 0 Å². The summed E-state index contributed by atoms with van der Waals surface area (Å²) in [5.74, 6) is 0. The first-order valence-electron chi connectivity index (χ1n) is 7.48. The Hall–Kier alpha value is -1.61. The third kappa shape index (κ3) is 3.94. The van der Waals surface area contributed by atoms with Crippen molar-refractivity contribution in [2.24, 2.45) is 7.05 Å². The highest BCUT2D eigenvalue weighted by molar-refractivity contribution is 5.20. The summed E-state index contributed by atoms with van der Waals surface area (Å²) in [7, 11) is 1.97. The Bertz CT molecular complexity index is 516. The molecule has 1 unspecified atom stereocenters. The fraction of sp³-hybridized carbons (Fsp3) is 0.471. The lowest BCUT2D eigenvalue weighted by molar-refractivity contribution is 0.480.